The van der Waals surface area contributed by atoms with Crippen molar-refractivity contribution < 1.29 is 27.5 Å². The second-order valence-corrected chi connectivity index (χ2v) is 14.5. The number of para-hydroxylation sites is 2. The summed E-state index contributed by atoms with van der Waals surface area (Å²) in [5, 5.41) is 13.9. The molecule has 0 bridgehead atoms. The number of hydrogen-bond donors (Lipinski definition) is 1. The highest BCUT2D eigenvalue weighted by Gasteiger charge is 2.32. The summed E-state index contributed by atoms with van der Waals surface area (Å²) in [6.45, 7) is 6.14. The lowest BCUT2D eigenvalue weighted by molar-refractivity contribution is 0.00119. The summed E-state index contributed by atoms with van der Waals surface area (Å²) >= 11 is 7.72. The van der Waals surface area contributed by atoms with Crippen molar-refractivity contribution in [1.82, 2.24) is 4.90 Å². The summed E-state index contributed by atoms with van der Waals surface area (Å²) in [5.74, 6) is -0.525. The first-order chi connectivity index (χ1) is 22.7. The number of carbonyl (C=O) groups is 1. The van der Waals surface area contributed by atoms with Gasteiger partial charge in [-0.1, -0.05) is 54.1 Å². The molecule has 0 saturated carbocycles. The first-order valence-electron chi connectivity index (χ1n) is 15.4. The van der Waals surface area contributed by atoms with Crippen LogP contribution in [0.4, 0.5) is 11.4 Å². The van der Waals surface area contributed by atoms with Crippen molar-refractivity contribution in [3.8, 4) is 0 Å². The van der Waals surface area contributed by atoms with E-state index in [4.69, 9.17) is 20.8 Å². The van der Waals surface area contributed by atoms with Gasteiger partial charge in [-0.3, -0.25) is 9.21 Å². The highest BCUT2D eigenvalue weighted by atomic mass is 35.5. The number of piperazine rings is 1. The normalized spacial score (nSPS) is 14.8. The molecule has 1 aliphatic heterocycles. The third kappa shape index (κ3) is 6.77. The Kier molecular flexibility index (Phi) is 9.90. The van der Waals surface area contributed by atoms with Crippen molar-refractivity contribution in [3.63, 3.8) is 0 Å². The first kappa shape index (κ1) is 33.0. The molecule has 1 atom stereocenters. The van der Waals surface area contributed by atoms with E-state index in [1.54, 1.807) is 32.0 Å². The Bertz CT molecular complexity index is 1970. The summed E-state index contributed by atoms with van der Waals surface area (Å²) < 4.78 is 41.6. The van der Waals surface area contributed by atoms with E-state index in [1.165, 1.54) is 21.7 Å². The van der Waals surface area contributed by atoms with Gasteiger partial charge < -0.3 is 19.2 Å². The van der Waals surface area contributed by atoms with Crippen LogP contribution in [0.1, 0.15) is 39.7 Å². The fraction of sp³-hybridized carbons (Fsp3) is 0.286. The average molecular weight is 694 g/mol. The minimum Gasteiger partial charge on any atom is -0.460 e. The number of ether oxygens (including phenoxy) is 1. The lowest BCUT2D eigenvalue weighted by Crippen LogP contribution is -2.48. The molecule has 1 fully saturated rings. The lowest BCUT2D eigenvalue weighted by Gasteiger charge is -2.39. The maximum atomic E-state index is 14.6. The molecule has 0 amide bonds. The largest absolute Gasteiger partial charge is 0.460 e. The van der Waals surface area contributed by atoms with Crippen molar-refractivity contribution >= 4 is 61.3 Å². The van der Waals surface area contributed by atoms with Gasteiger partial charge in [0.2, 0.25) is 5.76 Å². The Morgan fingerprint density at radius 1 is 1.04 bits per heavy atom. The van der Waals surface area contributed by atoms with Crippen molar-refractivity contribution in [2.45, 2.75) is 31.4 Å². The molecular weight excluding hydrogens is 658 g/mol. The molecule has 1 aliphatic rings. The van der Waals surface area contributed by atoms with E-state index in [9.17, 15) is 18.3 Å². The van der Waals surface area contributed by atoms with Gasteiger partial charge in [0.1, 0.15) is 11.8 Å². The van der Waals surface area contributed by atoms with Gasteiger partial charge in [0, 0.05) is 43.7 Å². The summed E-state index contributed by atoms with van der Waals surface area (Å²) in [4.78, 5) is 17.4. The molecule has 3 heterocycles. The Balaban J connectivity index is 1.34. The monoisotopic (exact) mass is 693 g/mol. The average Bonchev–Trinajstić information content (AvgIpc) is 3.67. The lowest BCUT2D eigenvalue weighted by atomic mass is 10.1. The number of benzene rings is 3. The van der Waals surface area contributed by atoms with Crippen LogP contribution in [0.25, 0.3) is 11.0 Å². The van der Waals surface area contributed by atoms with E-state index in [0.29, 0.717) is 59.8 Å². The number of aliphatic hydroxyl groups excluding tert-OH is 1. The third-order valence-electron chi connectivity index (χ3n) is 8.43. The van der Waals surface area contributed by atoms with E-state index < -0.39 is 22.2 Å². The number of furan rings is 1. The molecule has 0 aliphatic carbocycles. The Hall–Kier alpha value is -3.87. The first-order valence-corrected chi connectivity index (χ1v) is 18.1. The number of carbonyl (C=O) groups excluding carboxylic acids is 1. The highest BCUT2D eigenvalue weighted by Crippen LogP contribution is 2.37. The standard InChI is InChI=1S/C35H36ClN3O6S2/c1-3-44-35(41)32-24(2)27-23-26(13-14-31(27)45-32)47(42,43)39(17-15-25-9-5-4-6-10-25)30-12-8-7-11-29(30)37-18-20-38(21-19-37)34(40)33-28(36)16-22-46-33/h4-14,16,22-23,34,40H,3,15,17-21H2,1-2H3. The van der Waals surface area contributed by atoms with Crippen LogP contribution in [0.5, 0.6) is 0 Å². The van der Waals surface area contributed by atoms with Gasteiger partial charge in [-0.05, 0) is 67.6 Å². The molecule has 2 aromatic heterocycles. The summed E-state index contributed by atoms with van der Waals surface area (Å²) in [6.07, 6.45) is -0.302. The Morgan fingerprint density at radius 2 is 1.77 bits per heavy atom. The van der Waals surface area contributed by atoms with E-state index in [-0.39, 0.29) is 23.8 Å². The Labute approximate surface area is 283 Å². The van der Waals surface area contributed by atoms with Gasteiger partial charge in [0.05, 0.1) is 32.8 Å². The molecule has 0 radical (unpaired) electrons. The molecule has 246 valence electrons. The number of rotatable bonds is 11. The van der Waals surface area contributed by atoms with E-state index in [1.807, 2.05) is 64.9 Å². The second-order valence-electron chi connectivity index (χ2n) is 11.3. The number of halogens is 1. The predicted octanol–water partition coefficient (Wildman–Crippen LogP) is 6.88. The van der Waals surface area contributed by atoms with Crippen LogP contribution in [-0.2, 0) is 21.2 Å². The molecular formula is C35H36ClN3O6S2. The van der Waals surface area contributed by atoms with Crippen LogP contribution in [-0.4, -0.2) is 63.7 Å². The highest BCUT2D eigenvalue weighted by molar-refractivity contribution is 7.92. The topological polar surface area (TPSA) is 104 Å². The fourth-order valence-electron chi connectivity index (χ4n) is 5.93. The number of sulfonamides is 1. The molecule has 6 rings (SSSR count). The number of hydrogen-bond acceptors (Lipinski definition) is 9. The van der Waals surface area contributed by atoms with Crippen molar-refractivity contribution in [2.24, 2.45) is 0 Å². The summed E-state index contributed by atoms with van der Waals surface area (Å²) in [6, 6.07) is 23.8. The maximum Gasteiger partial charge on any atom is 0.374 e. The Morgan fingerprint density at radius 3 is 2.47 bits per heavy atom. The minimum atomic E-state index is -4.09. The zero-order chi connectivity index (χ0) is 33.1. The number of nitrogens with zero attached hydrogens (tertiary/aromatic N) is 3. The zero-order valence-corrected chi connectivity index (χ0v) is 28.5. The SMILES string of the molecule is CCOC(=O)c1oc2ccc(S(=O)(=O)N(CCc3ccccc3)c3ccccc3N3CCN(C(O)c4sccc4Cl)CC3)cc2c1C. The molecule has 1 N–H and O–H groups in total. The molecule has 47 heavy (non-hydrogen) atoms. The van der Waals surface area contributed by atoms with Gasteiger partial charge in [0.15, 0.2) is 0 Å². The molecule has 9 nitrogen and oxygen atoms in total. The number of fused-ring (bicyclic) bond motifs is 1. The quantitative estimate of drug-likeness (QED) is 0.149. The van der Waals surface area contributed by atoms with Crippen LogP contribution in [0.3, 0.4) is 0 Å². The molecule has 1 unspecified atom stereocenters. The van der Waals surface area contributed by atoms with Gasteiger partial charge in [0.25, 0.3) is 10.0 Å². The van der Waals surface area contributed by atoms with Gasteiger partial charge in [-0.2, -0.15) is 0 Å². The number of esters is 1. The summed E-state index contributed by atoms with van der Waals surface area (Å²) in [7, 11) is -4.09. The van der Waals surface area contributed by atoms with Crippen LogP contribution >= 0.6 is 22.9 Å². The van der Waals surface area contributed by atoms with Crippen LogP contribution in [0.15, 0.2) is 93.6 Å². The van der Waals surface area contributed by atoms with E-state index in [2.05, 4.69) is 4.90 Å². The molecule has 0 spiro atoms. The van der Waals surface area contributed by atoms with Gasteiger partial charge in [-0.25, -0.2) is 13.2 Å². The maximum absolute atomic E-state index is 14.6. The number of thiophene rings is 1. The van der Waals surface area contributed by atoms with Gasteiger partial charge >= 0.3 is 5.97 Å². The van der Waals surface area contributed by atoms with Gasteiger partial charge in [-0.15, -0.1) is 11.3 Å². The second kappa shape index (κ2) is 14.1. The fourth-order valence-corrected chi connectivity index (χ4v) is 8.61. The van der Waals surface area contributed by atoms with Crippen LogP contribution < -0.4 is 9.21 Å². The van der Waals surface area contributed by atoms with Crippen molar-refractivity contribution in [2.75, 3.05) is 48.5 Å². The molecule has 5 aromatic rings. The third-order valence-corrected chi connectivity index (χ3v) is 11.6. The number of aliphatic hydroxyl groups is 1. The van der Waals surface area contributed by atoms with E-state index >= 15 is 0 Å². The summed E-state index contributed by atoms with van der Waals surface area (Å²) in [5.41, 5.74) is 3.30. The van der Waals surface area contributed by atoms with E-state index in [0.717, 1.165) is 16.1 Å². The molecule has 12 heteroatoms. The number of anilines is 2. The minimum absolute atomic E-state index is 0.0632. The smallest absolute Gasteiger partial charge is 0.374 e. The predicted molar refractivity (Wildman–Crippen MR) is 186 cm³/mol. The van der Waals surface area contributed by atoms with Crippen LogP contribution in [0, 0.1) is 6.92 Å². The van der Waals surface area contributed by atoms with Crippen molar-refractivity contribution in [3.05, 3.63) is 111 Å². The zero-order valence-electron chi connectivity index (χ0n) is 26.1. The molecule has 3 aromatic carbocycles. The van der Waals surface area contributed by atoms with Crippen molar-refractivity contribution in [1.29, 1.82) is 0 Å². The number of aryl methyl sites for hydroxylation is 1. The van der Waals surface area contributed by atoms with Crippen LogP contribution in [0.2, 0.25) is 5.02 Å². The molecule has 1 saturated heterocycles.